The standard InChI is InChI=1S/C11H19N5O2/c1-4-13-9(17)7-15(3)11(18)10-8(12)6-16(5-2)14-10/h6H,4-5,7,12H2,1-3H3,(H,13,17). The van der Waals surface area contributed by atoms with Gasteiger partial charge in [0.15, 0.2) is 5.69 Å². The second kappa shape index (κ2) is 6.04. The smallest absolute Gasteiger partial charge is 0.276 e. The summed E-state index contributed by atoms with van der Waals surface area (Å²) in [5.41, 5.74) is 6.22. The number of nitrogens with zero attached hydrogens (tertiary/aromatic N) is 3. The molecular weight excluding hydrogens is 234 g/mol. The third kappa shape index (κ3) is 3.22. The molecule has 7 heteroatoms. The van der Waals surface area contributed by atoms with Crippen LogP contribution in [0.4, 0.5) is 5.69 Å². The second-order valence-corrected chi connectivity index (χ2v) is 3.90. The summed E-state index contributed by atoms with van der Waals surface area (Å²) in [6.07, 6.45) is 1.60. The summed E-state index contributed by atoms with van der Waals surface area (Å²) in [6, 6.07) is 0. The third-order valence-electron chi connectivity index (χ3n) is 2.42. The molecule has 0 radical (unpaired) electrons. The Morgan fingerprint density at radius 3 is 2.67 bits per heavy atom. The van der Waals surface area contributed by atoms with Crippen LogP contribution in [0, 0.1) is 0 Å². The van der Waals surface area contributed by atoms with E-state index in [4.69, 9.17) is 5.73 Å². The van der Waals surface area contributed by atoms with E-state index in [1.165, 1.54) is 4.90 Å². The number of anilines is 1. The Bertz CT molecular complexity index is 441. The first-order valence-electron chi connectivity index (χ1n) is 5.84. The molecule has 1 aromatic rings. The lowest BCUT2D eigenvalue weighted by molar-refractivity contribution is -0.121. The number of nitrogen functional groups attached to an aromatic ring is 1. The highest BCUT2D eigenvalue weighted by Gasteiger charge is 2.20. The molecule has 3 N–H and O–H groups in total. The minimum atomic E-state index is -0.356. The number of hydrogen-bond donors (Lipinski definition) is 2. The summed E-state index contributed by atoms with van der Waals surface area (Å²) in [4.78, 5) is 24.7. The van der Waals surface area contributed by atoms with Crippen LogP contribution in [0.1, 0.15) is 24.3 Å². The van der Waals surface area contributed by atoms with Gasteiger partial charge in [-0.2, -0.15) is 5.10 Å². The SMILES string of the molecule is CCNC(=O)CN(C)C(=O)c1nn(CC)cc1N. The largest absolute Gasteiger partial charge is 0.396 e. The predicted octanol–water partition coefficient (Wildman–Crippen LogP) is -0.307. The molecule has 0 unspecified atom stereocenters. The zero-order chi connectivity index (χ0) is 13.7. The van der Waals surface area contributed by atoms with Crippen molar-refractivity contribution in [3.8, 4) is 0 Å². The van der Waals surface area contributed by atoms with Gasteiger partial charge in [-0.25, -0.2) is 0 Å². The molecule has 0 fully saturated rings. The summed E-state index contributed by atoms with van der Waals surface area (Å²) in [5.74, 6) is -0.562. The van der Waals surface area contributed by atoms with Crippen molar-refractivity contribution in [1.82, 2.24) is 20.0 Å². The van der Waals surface area contributed by atoms with Gasteiger partial charge in [-0.3, -0.25) is 14.3 Å². The fourth-order valence-corrected chi connectivity index (χ4v) is 1.49. The average Bonchev–Trinajstić information content (AvgIpc) is 2.69. The lowest BCUT2D eigenvalue weighted by Gasteiger charge is -2.15. The topological polar surface area (TPSA) is 93.2 Å². The fourth-order valence-electron chi connectivity index (χ4n) is 1.49. The molecule has 7 nitrogen and oxygen atoms in total. The van der Waals surface area contributed by atoms with Crippen molar-refractivity contribution < 1.29 is 9.59 Å². The Labute approximate surface area is 106 Å². The molecule has 0 saturated carbocycles. The minimum Gasteiger partial charge on any atom is -0.396 e. The Balaban J connectivity index is 2.73. The van der Waals surface area contributed by atoms with E-state index in [0.717, 1.165) is 0 Å². The zero-order valence-corrected chi connectivity index (χ0v) is 10.9. The van der Waals surface area contributed by atoms with E-state index < -0.39 is 0 Å². The van der Waals surface area contributed by atoms with Crippen molar-refractivity contribution in [1.29, 1.82) is 0 Å². The fraction of sp³-hybridized carbons (Fsp3) is 0.545. The van der Waals surface area contributed by atoms with Gasteiger partial charge in [0.1, 0.15) is 0 Å². The Hall–Kier alpha value is -2.05. The lowest BCUT2D eigenvalue weighted by atomic mass is 10.3. The molecule has 0 saturated heterocycles. The number of rotatable bonds is 5. The number of hydrogen-bond acceptors (Lipinski definition) is 4. The zero-order valence-electron chi connectivity index (χ0n) is 10.9. The highest BCUT2D eigenvalue weighted by Crippen LogP contribution is 2.11. The summed E-state index contributed by atoms with van der Waals surface area (Å²) in [6.45, 7) is 4.88. The van der Waals surface area contributed by atoms with Crippen LogP contribution >= 0.6 is 0 Å². The van der Waals surface area contributed by atoms with Gasteiger partial charge in [0, 0.05) is 26.3 Å². The first kappa shape index (κ1) is 14.0. The van der Waals surface area contributed by atoms with Crippen molar-refractivity contribution in [3.63, 3.8) is 0 Å². The van der Waals surface area contributed by atoms with Crippen LogP contribution in [0.3, 0.4) is 0 Å². The van der Waals surface area contributed by atoms with E-state index in [1.54, 1.807) is 17.9 Å². The maximum atomic E-state index is 12.0. The van der Waals surface area contributed by atoms with Crippen LogP contribution in [0.15, 0.2) is 6.20 Å². The minimum absolute atomic E-state index is 0.00883. The molecule has 1 aromatic heterocycles. The van der Waals surface area contributed by atoms with E-state index in [2.05, 4.69) is 10.4 Å². The van der Waals surface area contributed by atoms with E-state index in [1.807, 2.05) is 13.8 Å². The quantitative estimate of drug-likeness (QED) is 0.753. The van der Waals surface area contributed by atoms with E-state index in [-0.39, 0.29) is 24.1 Å². The number of nitrogens with two attached hydrogens (primary N) is 1. The van der Waals surface area contributed by atoms with Gasteiger partial charge in [0.2, 0.25) is 5.91 Å². The van der Waals surface area contributed by atoms with Gasteiger partial charge < -0.3 is 16.0 Å². The first-order valence-corrected chi connectivity index (χ1v) is 5.84. The Morgan fingerprint density at radius 1 is 1.50 bits per heavy atom. The van der Waals surface area contributed by atoms with Crippen LogP contribution in [0.25, 0.3) is 0 Å². The highest BCUT2D eigenvalue weighted by molar-refractivity contribution is 5.98. The highest BCUT2D eigenvalue weighted by atomic mass is 16.2. The molecule has 0 spiro atoms. The summed E-state index contributed by atoms with van der Waals surface area (Å²) < 4.78 is 1.59. The summed E-state index contributed by atoms with van der Waals surface area (Å²) in [5, 5.41) is 6.70. The van der Waals surface area contributed by atoms with E-state index in [9.17, 15) is 9.59 Å². The molecule has 100 valence electrons. The number of amides is 2. The van der Waals surface area contributed by atoms with Crippen LogP contribution < -0.4 is 11.1 Å². The Kier molecular flexibility index (Phi) is 4.70. The number of likely N-dealkylation sites (N-methyl/N-ethyl adjacent to an activating group) is 2. The monoisotopic (exact) mass is 253 g/mol. The average molecular weight is 253 g/mol. The molecule has 0 aromatic carbocycles. The van der Waals surface area contributed by atoms with Gasteiger partial charge in [0.05, 0.1) is 12.2 Å². The van der Waals surface area contributed by atoms with Gasteiger partial charge in [-0.15, -0.1) is 0 Å². The van der Waals surface area contributed by atoms with Gasteiger partial charge in [-0.05, 0) is 13.8 Å². The second-order valence-electron chi connectivity index (χ2n) is 3.90. The van der Waals surface area contributed by atoms with Crippen molar-refractivity contribution in [2.45, 2.75) is 20.4 Å². The Morgan fingerprint density at radius 2 is 2.17 bits per heavy atom. The molecule has 0 aliphatic heterocycles. The number of carbonyl (C=O) groups excluding carboxylic acids is 2. The molecule has 0 aliphatic carbocycles. The van der Waals surface area contributed by atoms with Crippen molar-refractivity contribution >= 4 is 17.5 Å². The maximum absolute atomic E-state index is 12.0. The van der Waals surface area contributed by atoms with E-state index in [0.29, 0.717) is 18.8 Å². The molecule has 1 rings (SSSR count). The number of nitrogens with one attached hydrogen (secondary N) is 1. The summed E-state index contributed by atoms with van der Waals surface area (Å²) in [7, 11) is 1.54. The van der Waals surface area contributed by atoms with Gasteiger partial charge >= 0.3 is 0 Å². The van der Waals surface area contributed by atoms with Crippen LogP contribution in [-0.2, 0) is 11.3 Å². The molecule has 2 amide bonds. The van der Waals surface area contributed by atoms with Crippen molar-refractivity contribution in [2.75, 3.05) is 25.9 Å². The number of carbonyl (C=O) groups is 2. The van der Waals surface area contributed by atoms with Crippen LogP contribution in [-0.4, -0.2) is 46.6 Å². The van der Waals surface area contributed by atoms with Crippen molar-refractivity contribution in [2.24, 2.45) is 0 Å². The van der Waals surface area contributed by atoms with Crippen molar-refractivity contribution in [3.05, 3.63) is 11.9 Å². The molecule has 1 heterocycles. The van der Waals surface area contributed by atoms with Gasteiger partial charge in [0.25, 0.3) is 5.91 Å². The first-order chi connectivity index (χ1) is 8.49. The van der Waals surface area contributed by atoms with Crippen LogP contribution in [0.2, 0.25) is 0 Å². The number of aromatic nitrogens is 2. The van der Waals surface area contributed by atoms with Crippen LogP contribution in [0.5, 0.6) is 0 Å². The molecule has 0 atom stereocenters. The van der Waals surface area contributed by atoms with Gasteiger partial charge in [-0.1, -0.05) is 0 Å². The lowest BCUT2D eigenvalue weighted by Crippen LogP contribution is -2.38. The normalized spacial score (nSPS) is 10.2. The summed E-state index contributed by atoms with van der Waals surface area (Å²) >= 11 is 0. The molecule has 0 aliphatic rings. The molecule has 18 heavy (non-hydrogen) atoms. The number of aryl methyl sites for hydroxylation is 1. The molecule has 0 bridgehead atoms. The predicted molar refractivity (Wildman–Crippen MR) is 68.0 cm³/mol. The third-order valence-corrected chi connectivity index (χ3v) is 2.42. The molecular formula is C11H19N5O2. The maximum Gasteiger partial charge on any atom is 0.276 e. The van der Waals surface area contributed by atoms with E-state index >= 15 is 0 Å².